The van der Waals surface area contributed by atoms with Gasteiger partial charge in [-0.3, -0.25) is 4.79 Å². The number of nitrogens with one attached hydrogen (secondary N) is 2. The molecule has 2 heterocycles. The summed E-state index contributed by atoms with van der Waals surface area (Å²) in [4.78, 5) is 30.6. The minimum Gasteiger partial charge on any atom is -0.339 e. The van der Waals surface area contributed by atoms with Crippen molar-refractivity contribution in [1.82, 2.24) is 15.5 Å². The molecule has 160 valence electrons. The predicted molar refractivity (Wildman–Crippen MR) is 118 cm³/mol. The van der Waals surface area contributed by atoms with E-state index in [0.29, 0.717) is 41.1 Å². The summed E-state index contributed by atoms with van der Waals surface area (Å²) in [6, 6.07) is 14.1. The van der Waals surface area contributed by atoms with E-state index in [1.807, 2.05) is 25.1 Å². The van der Waals surface area contributed by atoms with Gasteiger partial charge in [0.15, 0.2) is 0 Å². The SMILES string of the molecule is CCCNC(=O)Nc1cccc(-c2noc([C@@H]3CC(=O)N(c4cccc(Cl)c4)C3)n2)c1. The molecule has 1 aliphatic rings. The number of benzene rings is 2. The topological polar surface area (TPSA) is 100 Å². The van der Waals surface area contributed by atoms with Gasteiger partial charge in [0, 0.05) is 41.5 Å². The molecular formula is C22H22ClN5O3. The number of nitrogens with zero attached hydrogens (tertiary/aromatic N) is 3. The third-order valence-electron chi connectivity index (χ3n) is 4.95. The summed E-state index contributed by atoms with van der Waals surface area (Å²) >= 11 is 6.06. The van der Waals surface area contributed by atoms with Crippen molar-refractivity contribution in [3.63, 3.8) is 0 Å². The number of amides is 3. The van der Waals surface area contributed by atoms with Gasteiger partial charge in [0.2, 0.25) is 17.6 Å². The summed E-state index contributed by atoms with van der Waals surface area (Å²) in [5.74, 6) is 0.596. The van der Waals surface area contributed by atoms with Crippen molar-refractivity contribution in [2.24, 2.45) is 0 Å². The molecule has 0 aliphatic carbocycles. The van der Waals surface area contributed by atoms with Crippen LogP contribution in [0.2, 0.25) is 5.02 Å². The highest BCUT2D eigenvalue weighted by molar-refractivity contribution is 6.30. The number of carbonyl (C=O) groups excluding carboxylic acids is 2. The minimum absolute atomic E-state index is 0.0173. The number of urea groups is 1. The van der Waals surface area contributed by atoms with Crippen LogP contribution in [0.15, 0.2) is 53.1 Å². The van der Waals surface area contributed by atoms with Crippen molar-refractivity contribution in [3.05, 3.63) is 59.4 Å². The lowest BCUT2D eigenvalue weighted by Gasteiger charge is -2.16. The summed E-state index contributed by atoms with van der Waals surface area (Å²) < 4.78 is 5.47. The maximum atomic E-state index is 12.5. The third kappa shape index (κ3) is 4.86. The van der Waals surface area contributed by atoms with E-state index < -0.39 is 0 Å². The summed E-state index contributed by atoms with van der Waals surface area (Å²) in [6.07, 6.45) is 1.14. The van der Waals surface area contributed by atoms with Crippen molar-refractivity contribution in [1.29, 1.82) is 0 Å². The van der Waals surface area contributed by atoms with Crippen LogP contribution in [0.1, 0.15) is 31.6 Å². The second-order valence-electron chi connectivity index (χ2n) is 7.30. The zero-order valence-electron chi connectivity index (χ0n) is 17.0. The van der Waals surface area contributed by atoms with Gasteiger partial charge in [-0.05, 0) is 36.8 Å². The first-order valence-electron chi connectivity index (χ1n) is 10.1. The van der Waals surface area contributed by atoms with Gasteiger partial charge >= 0.3 is 6.03 Å². The number of hydrogen-bond donors (Lipinski definition) is 2. The first-order chi connectivity index (χ1) is 15.0. The second-order valence-corrected chi connectivity index (χ2v) is 7.74. The molecule has 0 saturated carbocycles. The summed E-state index contributed by atoms with van der Waals surface area (Å²) in [6.45, 7) is 3.03. The molecule has 0 radical (unpaired) electrons. The van der Waals surface area contributed by atoms with Crippen molar-refractivity contribution >= 4 is 34.9 Å². The molecule has 3 aromatic rings. The molecule has 0 spiro atoms. The standard InChI is InChI=1S/C22H22ClN5O3/c1-2-9-24-22(30)25-17-7-3-5-14(10-17)20-26-21(31-27-20)15-11-19(29)28(13-15)18-8-4-6-16(23)12-18/h3-8,10,12,15H,2,9,11,13H2,1H3,(H2,24,25,30)/t15-/m1/s1. The van der Waals surface area contributed by atoms with Gasteiger partial charge in [-0.2, -0.15) is 4.98 Å². The number of aromatic nitrogens is 2. The van der Waals surface area contributed by atoms with Crippen LogP contribution in [0, 0.1) is 0 Å². The van der Waals surface area contributed by atoms with Crippen LogP contribution in [-0.4, -0.2) is 35.2 Å². The third-order valence-corrected chi connectivity index (χ3v) is 5.19. The van der Waals surface area contributed by atoms with E-state index >= 15 is 0 Å². The Morgan fingerprint density at radius 1 is 1.26 bits per heavy atom. The Bertz CT molecular complexity index is 1100. The van der Waals surface area contributed by atoms with Gasteiger partial charge in [0.05, 0.1) is 5.92 Å². The van der Waals surface area contributed by atoms with Gasteiger partial charge in [-0.25, -0.2) is 4.79 Å². The number of anilines is 2. The monoisotopic (exact) mass is 439 g/mol. The Morgan fingerprint density at radius 3 is 2.90 bits per heavy atom. The molecule has 9 heteroatoms. The molecule has 8 nitrogen and oxygen atoms in total. The van der Waals surface area contributed by atoms with Gasteiger partial charge in [-0.15, -0.1) is 0 Å². The maximum Gasteiger partial charge on any atom is 0.319 e. The van der Waals surface area contributed by atoms with E-state index in [1.54, 1.807) is 35.2 Å². The molecule has 1 fully saturated rings. The van der Waals surface area contributed by atoms with Gasteiger partial charge in [0.1, 0.15) is 0 Å². The number of halogens is 1. The van der Waals surface area contributed by atoms with Gasteiger partial charge in [0.25, 0.3) is 0 Å². The van der Waals surface area contributed by atoms with E-state index in [1.165, 1.54) is 0 Å². The van der Waals surface area contributed by atoms with Crippen LogP contribution in [-0.2, 0) is 4.79 Å². The van der Waals surface area contributed by atoms with Crippen LogP contribution in [0.4, 0.5) is 16.2 Å². The van der Waals surface area contributed by atoms with Crippen LogP contribution in [0.5, 0.6) is 0 Å². The van der Waals surface area contributed by atoms with Crippen molar-refractivity contribution in [2.45, 2.75) is 25.7 Å². The number of rotatable bonds is 6. The van der Waals surface area contributed by atoms with E-state index in [4.69, 9.17) is 16.1 Å². The maximum absolute atomic E-state index is 12.5. The first kappa shape index (κ1) is 20.9. The molecule has 0 unspecified atom stereocenters. The molecule has 1 saturated heterocycles. The zero-order valence-corrected chi connectivity index (χ0v) is 17.7. The summed E-state index contributed by atoms with van der Waals surface area (Å²) in [7, 11) is 0. The molecule has 1 aliphatic heterocycles. The van der Waals surface area contributed by atoms with E-state index in [0.717, 1.165) is 12.1 Å². The molecule has 2 N–H and O–H groups in total. The van der Waals surface area contributed by atoms with E-state index in [-0.39, 0.29) is 24.3 Å². The van der Waals surface area contributed by atoms with Gasteiger partial charge in [-0.1, -0.05) is 41.9 Å². The fourth-order valence-corrected chi connectivity index (χ4v) is 3.62. The number of carbonyl (C=O) groups is 2. The highest BCUT2D eigenvalue weighted by atomic mass is 35.5. The Hall–Kier alpha value is -3.39. The molecule has 3 amide bonds. The normalized spacial score (nSPS) is 15.9. The van der Waals surface area contributed by atoms with Crippen LogP contribution < -0.4 is 15.5 Å². The van der Waals surface area contributed by atoms with Crippen molar-refractivity contribution in [3.8, 4) is 11.4 Å². The molecule has 1 atom stereocenters. The lowest BCUT2D eigenvalue weighted by Crippen LogP contribution is -2.29. The lowest BCUT2D eigenvalue weighted by atomic mass is 10.1. The van der Waals surface area contributed by atoms with Crippen molar-refractivity contribution in [2.75, 3.05) is 23.3 Å². The molecule has 4 rings (SSSR count). The highest BCUT2D eigenvalue weighted by Crippen LogP contribution is 2.33. The number of hydrogen-bond acceptors (Lipinski definition) is 5. The zero-order chi connectivity index (χ0) is 21.8. The highest BCUT2D eigenvalue weighted by Gasteiger charge is 2.35. The van der Waals surface area contributed by atoms with Gasteiger partial charge < -0.3 is 20.1 Å². The average Bonchev–Trinajstić information content (AvgIpc) is 3.39. The summed E-state index contributed by atoms with van der Waals surface area (Å²) in [5, 5.41) is 10.2. The molecular weight excluding hydrogens is 418 g/mol. The molecule has 0 bridgehead atoms. The Kier molecular flexibility index (Phi) is 6.18. The largest absolute Gasteiger partial charge is 0.339 e. The van der Waals surface area contributed by atoms with E-state index in [9.17, 15) is 9.59 Å². The first-order valence-corrected chi connectivity index (χ1v) is 10.5. The van der Waals surface area contributed by atoms with E-state index in [2.05, 4.69) is 20.8 Å². The fraction of sp³-hybridized carbons (Fsp3) is 0.273. The second kappa shape index (κ2) is 9.18. The van der Waals surface area contributed by atoms with Crippen LogP contribution >= 0.6 is 11.6 Å². The molecule has 31 heavy (non-hydrogen) atoms. The Morgan fingerprint density at radius 2 is 2.10 bits per heavy atom. The smallest absolute Gasteiger partial charge is 0.319 e. The Labute approximate surface area is 184 Å². The molecule has 2 aromatic carbocycles. The van der Waals surface area contributed by atoms with Crippen molar-refractivity contribution < 1.29 is 14.1 Å². The minimum atomic E-state index is -0.265. The van der Waals surface area contributed by atoms with Crippen LogP contribution in [0.3, 0.4) is 0 Å². The summed E-state index contributed by atoms with van der Waals surface area (Å²) in [5.41, 5.74) is 2.08. The average molecular weight is 440 g/mol. The quantitative estimate of drug-likeness (QED) is 0.591. The van der Waals surface area contributed by atoms with Crippen LogP contribution in [0.25, 0.3) is 11.4 Å². The Balaban J connectivity index is 1.47. The predicted octanol–water partition coefficient (Wildman–Crippen LogP) is 4.44. The lowest BCUT2D eigenvalue weighted by molar-refractivity contribution is -0.117. The molecule has 1 aromatic heterocycles. The fourth-order valence-electron chi connectivity index (χ4n) is 3.43.